The number of para-hydroxylation sites is 4. The number of carbonyl (C=O) groups is 1. The van der Waals surface area contributed by atoms with Gasteiger partial charge in [-0.25, -0.2) is 4.98 Å². The number of nitrogens with one attached hydrogen (secondary N) is 1. The first-order chi connectivity index (χ1) is 11.3. The molecule has 0 bridgehead atoms. The van der Waals surface area contributed by atoms with Gasteiger partial charge >= 0.3 is 0 Å². The van der Waals surface area contributed by atoms with Crippen LogP contribution in [0.15, 0.2) is 59.0 Å². The molecule has 1 amide bonds. The standard InChI is InChI=1S/C18H16N2O3/c1-2-22-15-9-5-3-7-13(15)19-17(21)11-12-18-20-14-8-4-6-10-16(14)23-18/h3-12H,2H2,1H3,(H,19,21)/b12-11+. The first kappa shape index (κ1) is 14.8. The van der Waals surface area contributed by atoms with Gasteiger partial charge in [0.1, 0.15) is 11.3 Å². The van der Waals surface area contributed by atoms with E-state index in [2.05, 4.69) is 10.3 Å². The Hall–Kier alpha value is -3.08. The molecule has 5 nitrogen and oxygen atoms in total. The highest BCUT2D eigenvalue weighted by atomic mass is 16.5. The molecule has 0 saturated heterocycles. The Morgan fingerprint density at radius 3 is 2.83 bits per heavy atom. The van der Waals surface area contributed by atoms with Gasteiger partial charge in [-0.15, -0.1) is 0 Å². The number of hydrogen-bond acceptors (Lipinski definition) is 4. The third kappa shape index (κ3) is 3.58. The fourth-order valence-corrected chi connectivity index (χ4v) is 2.13. The van der Waals surface area contributed by atoms with Crippen molar-refractivity contribution in [2.24, 2.45) is 0 Å². The van der Waals surface area contributed by atoms with Crippen molar-refractivity contribution in [2.75, 3.05) is 11.9 Å². The molecule has 3 aromatic rings. The molecule has 0 fully saturated rings. The van der Waals surface area contributed by atoms with Crippen LogP contribution in [-0.4, -0.2) is 17.5 Å². The van der Waals surface area contributed by atoms with Gasteiger partial charge in [-0.3, -0.25) is 4.79 Å². The molecule has 0 radical (unpaired) electrons. The number of oxazole rings is 1. The Labute approximate surface area is 133 Å². The second-order valence-electron chi connectivity index (χ2n) is 4.77. The first-order valence-electron chi connectivity index (χ1n) is 7.32. The quantitative estimate of drug-likeness (QED) is 0.726. The number of amides is 1. The molecule has 0 saturated carbocycles. The van der Waals surface area contributed by atoms with Gasteiger partial charge in [-0.1, -0.05) is 24.3 Å². The first-order valence-corrected chi connectivity index (χ1v) is 7.32. The zero-order valence-corrected chi connectivity index (χ0v) is 12.7. The van der Waals surface area contributed by atoms with Gasteiger partial charge in [-0.05, 0) is 31.2 Å². The van der Waals surface area contributed by atoms with E-state index < -0.39 is 0 Å². The van der Waals surface area contributed by atoms with Crippen LogP contribution < -0.4 is 10.1 Å². The maximum absolute atomic E-state index is 12.0. The van der Waals surface area contributed by atoms with E-state index in [1.54, 1.807) is 12.1 Å². The van der Waals surface area contributed by atoms with E-state index in [4.69, 9.17) is 9.15 Å². The maximum atomic E-state index is 12.0. The molecule has 0 atom stereocenters. The summed E-state index contributed by atoms with van der Waals surface area (Å²) in [5, 5.41) is 2.78. The molecule has 0 aliphatic carbocycles. The zero-order chi connectivity index (χ0) is 16.1. The molecule has 1 heterocycles. The number of anilines is 1. The molecule has 116 valence electrons. The van der Waals surface area contributed by atoms with Crippen molar-refractivity contribution < 1.29 is 13.9 Å². The third-order valence-electron chi connectivity index (χ3n) is 3.13. The van der Waals surface area contributed by atoms with Crippen LogP contribution in [0, 0.1) is 0 Å². The number of benzene rings is 2. The number of carbonyl (C=O) groups excluding carboxylic acids is 1. The van der Waals surface area contributed by atoms with Gasteiger partial charge in [0, 0.05) is 12.2 Å². The van der Waals surface area contributed by atoms with E-state index in [-0.39, 0.29) is 5.91 Å². The Morgan fingerprint density at radius 2 is 2.00 bits per heavy atom. The number of nitrogens with zero attached hydrogens (tertiary/aromatic N) is 1. The van der Waals surface area contributed by atoms with Crippen molar-refractivity contribution in [3.63, 3.8) is 0 Å². The largest absolute Gasteiger partial charge is 0.492 e. The molecular weight excluding hydrogens is 292 g/mol. The number of rotatable bonds is 5. The number of ether oxygens (including phenoxy) is 1. The monoisotopic (exact) mass is 308 g/mol. The fraction of sp³-hybridized carbons (Fsp3) is 0.111. The highest BCUT2D eigenvalue weighted by molar-refractivity contribution is 6.02. The smallest absolute Gasteiger partial charge is 0.248 e. The minimum absolute atomic E-state index is 0.278. The summed E-state index contributed by atoms with van der Waals surface area (Å²) in [6.45, 7) is 2.43. The minimum atomic E-state index is -0.278. The molecule has 0 aliphatic rings. The molecule has 0 spiro atoms. The highest BCUT2D eigenvalue weighted by Gasteiger charge is 2.06. The average molecular weight is 308 g/mol. The van der Waals surface area contributed by atoms with Gasteiger partial charge in [0.05, 0.1) is 12.3 Å². The van der Waals surface area contributed by atoms with Gasteiger partial charge < -0.3 is 14.5 Å². The lowest BCUT2D eigenvalue weighted by molar-refractivity contribution is -0.111. The predicted molar refractivity (Wildman–Crippen MR) is 89.3 cm³/mol. The van der Waals surface area contributed by atoms with Crippen molar-refractivity contribution in [1.29, 1.82) is 0 Å². The van der Waals surface area contributed by atoms with Crippen LogP contribution in [0.25, 0.3) is 17.2 Å². The van der Waals surface area contributed by atoms with Crippen LogP contribution in [0.1, 0.15) is 12.8 Å². The summed E-state index contributed by atoms with van der Waals surface area (Å²) >= 11 is 0. The molecule has 1 N–H and O–H groups in total. The number of fused-ring (bicyclic) bond motifs is 1. The Balaban J connectivity index is 1.71. The van der Waals surface area contributed by atoms with Crippen molar-refractivity contribution in [1.82, 2.24) is 4.98 Å². The van der Waals surface area contributed by atoms with Crippen molar-refractivity contribution in [3.8, 4) is 5.75 Å². The van der Waals surface area contributed by atoms with E-state index >= 15 is 0 Å². The lowest BCUT2D eigenvalue weighted by Gasteiger charge is -2.09. The molecule has 1 aromatic heterocycles. The lowest BCUT2D eigenvalue weighted by Crippen LogP contribution is -2.09. The van der Waals surface area contributed by atoms with Crippen molar-refractivity contribution in [3.05, 3.63) is 60.5 Å². The van der Waals surface area contributed by atoms with E-state index in [1.807, 2.05) is 49.4 Å². The van der Waals surface area contributed by atoms with Gasteiger partial charge in [-0.2, -0.15) is 0 Å². The minimum Gasteiger partial charge on any atom is -0.492 e. The van der Waals surface area contributed by atoms with Gasteiger partial charge in [0.15, 0.2) is 5.58 Å². The van der Waals surface area contributed by atoms with Gasteiger partial charge in [0.25, 0.3) is 0 Å². The fourth-order valence-electron chi connectivity index (χ4n) is 2.13. The third-order valence-corrected chi connectivity index (χ3v) is 3.13. The van der Waals surface area contributed by atoms with E-state index in [0.717, 1.165) is 5.52 Å². The van der Waals surface area contributed by atoms with Crippen LogP contribution in [0.3, 0.4) is 0 Å². The normalized spacial score (nSPS) is 11.0. The average Bonchev–Trinajstić information content (AvgIpc) is 2.98. The summed E-state index contributed by atoms with van der Waals surface area (Å²) in [4.78, 5) is 16.3. The van der Waals surface area contributed by atoms with Crippen molar-refractivity contribution >= 4 is 28.8 Å². The second kappa shape index (κ2) is 6.79. The summed E-state index contributed by atoms with van der Waals surface area (Å²) in [6.07, 6.45) is 2.92. The molecule has 23 heavy (non-hydrogen) atoms. The highest BCUT2D eigenvalue weighted by Crippen LogP contribution is 2.23. The van der Waals surface area contributed by atoms with Crippen LogP contribution in [0.4, 0.5) is 5.69 Å². The molecule has 3 rings (SSSR count). The van der Waals surface area contributed by atoms with E-state index in [9.17, 15) is 4.79 Å². The SMILES string of the molecule is CCOc1ccccc1NC(=O)/C=C/c1nc2ccccc2o1. The van der Waals surface area contributed by atoms with Gasteiger partial charge in [0.2, 0.25) is 11.8 Å². The Kier molecular flexibility index (Phi) is 4.38. The lowest BCUT2D eigenvalue weighted by atomic mass is 10.3. The Morgan fingerprint density at radius 1 is 1.22 bits per heavy atom. The molecule has 5 heteroatoms. The van der Waals surface area contributed by atoms with Crippen LogP contribution in [0.2, 0.25) is 0 Å². The Bertz CT molecular complexity index is 819. The van der Waals surface area contributed by atoms with Crippen molar-refractivity contribution in [2.45, 2.75) is 6.92 Å². The summed E-state index contributed by atoms with van der Waals surface area (Å²) in [6, 6.07) is 14.7. The van der Waals surface area contributed by atoms with E-state index in [0.29, 0.717) is 29.5 Å². The summed E-state index contributed by atoms with van der Waals surface area (Å²) in [7, 11) is 0. The van der Waals surface area contributed by atoms with Crippen LogP contribution in [-0.2, 0) is 4.79 Å². The van der Waals surface area contributed by atoms with E-state index in [1.165, 1.54) is 6.08 Å². The second-order valence-corrected chi connectivity index (χ2v) is 4.77. The zero-order valence-electron chi connectivity index (χ0n) is 12.7. The van der Waals surface area contributed by atoms with Crippen LogP contribution in [0.5, 0.6) is 5.75 Å². The number of hydrogen-bond donors (Lipinski definition) is 1. The molecule has 0 unspecified atom stereocenters. The summed E-state index contributed by atoms with van der Waals surface area (Å²) < 4.78 is 11.0. The molecule has 2 aromatic carbocycles. The predicted octanol–water partition coefficient (Wildman–Crippen LogP) is 3.88. The van der Waals surface area contributed by atoms with Crippen LogP contribution >= 0.6 is 0 Å². The topological polar surface area (TPSA) is 64.4 Å². The maximum Gasteiger partial charge on any atom is 0.248 e. The summed E-state index contributed by atoms with van der Waals surface area (Å²) in [5.74, 6) is 0.748. The molecular formula is C18H16N2O3. The summed E-state index contributed by atoms with van der Waals surface area (Å²) in [5.41, 5.74) is 2.07. The molecule has 0 aliphatic heterocycles. The number of aromatic nitrogens is 1.